The fourth-order valence-electron chi connectivity index (χ4n) is 2.14. The minimum atomic E-state index is -0.114. The summed E-state index contributed by atoms with van der Waals surface area (Å²) in [6.07, 6.45) is 5.12. The van der Waals surface area contributed by atoms with Crippen LogP contribution in [-0.2, 0) is 17.3 Å². The zero-order chi connectivity index (χ0) is 17.7. The Kier molecular flexibility index (Phi) is 5.68. The number of aromatic nitrogens is 3. The number of amides is 1. The maximum absolute atomic E-state index is 11.6. The molecule has 6 heteroatoms. The van der Waals surface area contributed by atoms with Crippen molar-refractivity contribution in [3.8, 4) is 23.7 Å². The van der Waals surface area contributed by atoms with Crippen LogP contribution in [0.4, 0.5) is 0 Å². The first-order chi connectivity index (χ1) is 11.3. The van der Waals surface area contributed by atoms with Gasteiger partial charge in [0, 0.05) is 12.6 Å². The van der Waals surface area contributed by atoms with Crippen molar-refractivity contribution in [1.82, 2.24) is 20.1 Å². The number of thioether (sulfide) groups is 1. The molecule has 5 nitrogen and oxygen atoms in total. The van der Waals surface area contributed by atoms with Gasteiger partial charge in [-0.25, -0.2) is 0 Å². The first kappa shape index (κ1) is 18.1. The van der Waals surface area contributed by atoms with Gasteiger partial charge in [0.15, 0.2) is 11.0 Å². The lowest BCUT2D eigenvalue weighted by atomic mass is 9.87. The van der Waals surface area contributed by atoms with Crippen molar-refractivity contribution in [3.63, 3.8) is 0 Å². The van der Waals surface area contributed by atoms with E-state index >= 15 is 0 Å². The van der Waals surface area contributed by atoms with E-state index in [2.05, 4.69) is 66.5 Å². The monoisotopic (exact) mass is 342 g/mol. The quantitative estimate of drug-likeness (QED) is 0.670. The van der Waals surface area contributed by atoms with Crippen molar-refractivity contribution in [3.05, 3.63) is 29.8 Å². The summed E-state index contributed by atoms with van der Waals surface area (Å²) in [5.41, 5.74) is 2.39. The molecule has 0 atom stereocenters. The number of hydrogen-bond donors (Lipinski definition) is 1. The van der Waals surface area contributed by atoms with E-state index in [0.717, 1.165) is 11.4 Å². The Bertz CT molecular complexity index is 751. The molecular formula is C18H22N4OS. The Morgan fingerprint density at radius 2 is 1.96 bits per heavy atom. The van der Waals surface area contributed by atoms with Gasteiger partial charge in [0.1, 0.15) is 0 Å². The van der Waals surface area contributed by atoms with Crippen LogP contribution in [0.2, 0.25) is 0 Å². The lowest BCUT2D eigenvalue weighted by molar-refractivity contribution is -0.118. The molecule has 0 unspecified atom stereocenters. The Hall–Kier alpha value is -2.26. The lowest BCUT2D eigenvalue weighted by Crippen LogP contribution is -2.25. The normalized spacial score (nSPS) is 11.1. The summed E-state index contributed by atoms with van der Waals surface area (Å²) >= 11 is 1.34. The van der Waals surface area contributed by atoms with Crippen molar-refractivity contribution >= 4 is 17.7 Å². The van der Waals surface area contributed by atoms with Gasteiger partial charge in [0.05, 0.1) is 12.3 Å². The van der Waals surface area contributed by atoms with E-state index in [1.807, 2.05) is 11.6 Å². The molecule has 0 saturated heterocycles. The number of carbonyl (C=O) groups excluding carboxylic acids is 1. The average molecular weight is 342 g/mol. The van der Waals surface area contributed by atoms with E-state index in [0.29, 0.717) is 5.16 Å². The number of rotatable bonds is 5. The van der Waals surface area contributed by atoms with Crippen LogP contribution in [0, 0.1) is 12.3 Å². The number of terminal acetylenes is 1. The predicted octanol–water partition coefficient (Wildman–Crippen LogP) is 2.62. The molecule has 2 rings (SSSR count). The summed E-state index contributed by atoms with van der Waals surface area (Å²) in [6.45, 7) is 6.79. The number of carbonyl (C=O) groups is 1. The first-order valence-corrected chi connectivity index (χ1v) is 8.64. The minimum Gasteiger partial charge on any atom is -0.344 e. The molecule has 1 N–H and O–H groups in total. The fourth-order valence-corrected chi connectivity index (χ4v) is 2.88. The third-order valence-electron chi connectivity index (χ3n) is 3.56. The van der Waals surface area contributed by atoms with Crippen molar-refractivity contribution in [1.29, 1.82) is 0 Å². The van der Waals surface area contributed by atoms with Crippen LogP contribution in [0.3, 0.4) is 0 Å². The Balaban J connectivity index is 2.09. The minimum absolute atomic E-state index is 0.114. The van der Waals surface area contributed by atoms with Crippen molar-refractivity contribution in [2.75, 3.05) is 12.3 Å². The molecule has 0 bridgehead atoms. The second-order valence-corrected chi connectivity index (χ2v) is 7.40. The molecule has 1 aromatic carbocycles. The first-order valence-electron chi connectivity index (χ1n) is 7.66. The SMILES string of the molecule is C#CCNC(=O)CSc1nnc(-c2ccc(C(C)(C)C)cc2)n1C. The molecule has 2 aromatic rings. The highest BCUT2D eigenvalue weighted by atomic mass is 32.2. The highest BCUT2D eigenvalue weighted by molar-refractivity contribution is 7.99. The Morgan fingerprint density at radius 1 is 1.29 bits per heavy atom. The predicted molar refractivity (Wildman–Crippen MR) is 97.7 cm³/mol. The molecule has 1 aromatic heterocycles. The fraction of sp³-hybridized carbons (Fsp3) is 0.389. The molecule has 0 saturated carbocycles. The second-order valence-electron chi connectivity index (χ2n) is 6.46. The molecule has 24 heavy (non-hydrogen) atoms. The summed E-state index contributed by atoms with van der Waals surface area (Å²) < 4.78 is 1.89. The standard InChI is InChI=1S/C18H22N4OS/c1-6-11-19-15(23)12-24-17-21-20-16(22(17)5)13-7-9-14(10-8-13)18(2,3)4/h1,7-10H,11-12H2,2-5H3,(H,19,23). The third-order valence-corrected chi connectivity index (χ3v) is 4.58. The number of benzene rings is 1. The summed E-state index contributed by atoms with van der Waals surface area (Å²) in [7, 11) is 1.90. The van der Waals surface area contributed by atoms with E-state index in [9.17, 15) is 4.79 Å². The van der Waals surface area contributed by atoms with E-state index in [-0.39, 0.29) is 23.6 Å². The molecule has 0 fully saturated rings. The Morgan fingerprint density at radius 3 is 2.54 bits per heavy atom. The van der Waals surface area contributed by atoms with Crippen molar-refractivity contribution in [2.45, 2.75) is 31.3 Å². The van der Waals surface area contributed by atoms with Crippen LogP contribution in [0.15, 0.2) is 29.4 Å². The lowest BCUT2D eigenvalue weighted by Gasteiger charge is -2.19. The van der Waals surface area contributed by atoms with Crippen LogP contribution in [0.5, 0.6) is 0 Å². The van der Waals surface area contributed by atoms with Crippen molar-refractivity contribution in [2.24, 2.45) is 7.05 Å². The molecule has 1 amide bonds. The smallest absolute Gasteiger partial charge is 0.231 e. The van der Waals surface area contributed by atoms with Crippen LogP contribution >= 0.6 is 11.8 Å². The van der Waals surface area contributed by atoms with Gasteiger partial charge in [-0.05, 0) is 11.0 Å². The molecule has 0 aliphatic carbocycles. The highest BCUT2D eigenvalue weighted by Crippen LogP contribution is 2.26. The van der Waals surface area contributed by atoms with Crippen molar-refractivity contribution < 1.29 is 4.79 Å². The summed E-state index contributed by atoms with van der Waals surface area (Å²) in [5, 5.41) is 11.7. The molecule has 0 aliphatic rings. The summed E-state index contributed by atoms with van der Waals surface area (Å²) in [4.78, 5) is 11.6. The number of nitrogens with zero attached hydrogens (tertiary/aromatic N) is 3. The van der Waals surface area contributed by atoms with Gasteiger partial charge in [0.2, 0.25) is 5.91 Å². The number of nitrogens with one attached hydrogen (secondary N) is 1. The summed E-state index contributed by atoms with van der Waals surface area (Å²) in [5.74, 6) is 3.30. The molecule has 1 heterocycles. The second kappa shape index (κ2) is 7.54. The van der Waals surface area contributed by atoms with E-state index in [4.69, 9.17) is 6.42 Å². The molecule has 126 valence electrons. The third kappa shape index (κ3) is 4.39. The maximum Gasteiger partial charge on any atom is 0.231 e. The van der Waals surface area contributed by atoms with Crippen LogP contribution in [0.25, 0.3) is 11.4 Å². The molecule has 0 spiro atoms. The topological polar surface area (TPSA) is 59.8 Å². The molecule has 0 aliphatic heterocycles. The molecule has 0 radical (unpaired) electrons. The summed E-state index contributed by atoms with van der Waals surface area (Å²) in [6, 6.07) is 8.34. The van der Waals surface area contributed by atoms with E-state index < -0.39 is 0 Å². The zero-order valence-corrected chi connectivity index (χ0v) is 15.3. The van der Waals surface area contributed by atoms with Gasteiger partial charge in [-0.1, -0.05) is 62.7 Å². The van der Waals surface area contributed by atoms with Gasteiger partial charge in [-0.15, -0.1) is 16.6 Å². The van der Waals surface area contributed by atoms with Crippen LogP contribution in [-0.4, -0.2) is 33.0 Å². The van der Waals surface area contributed by atoms with Crippen LogP contribution in [0.1, 0.15) is 26.3 Å². The average Bonchev–Trinajstić information content (AvgIpc) is 2.91. The van der Waals surface area contributed by atoms with Gasteiger partial charge >= 0.3 is 0 Å². The largest absolute Gasteiger partial charge is 0.344 e. The van der Waals surface area contributed by atoms with Gasteiger partial charge in [-0.2, -0.15) is 0 Å². The van der Waals surface area contributed by atoms with Crippen LogP contribution < -0.4 is 5.32 Å². The van der Waals surface area contributed by atoms with Gasteiger partial charge in [0.25, 0.3) is 0 Å². The van der Waals surface area contributed by atoms with E-state index in [1.165, 1.54) is 17.3 Å². The molecular weight excluding hydrogens is 320 g/mol. The van der Waals surface area contributed by atoms with E-state index in [1.54, 1.807) is 0 Å². The zero-order valence-electron chi connectivity index (χ0n) is 14.5. The van der Waals surface area contributed by atoms with Gasteiger partial charge in [-0.3, -0.25) is 4.79 Å². The van der Waals surface area contributed by atoms with Gasteiger partial charge < -0.3 is 9.88 Å². The maximum atomic E-state index is 11.6. The highest BCUT2D eigenvalue weighted by Gasteiger charge is 2.16. The Labute approximate surface area is 147 Å². The number of hydrogen-bond acceptors (Lipinski definition) is 4.